The maximum atomic E-state index is 12.8. The van der Waals surface area contributed by atoms with Gasteiger partial charge in [0.15, 0.2) is 0 Å². The number of thiazole rings is 1. The summed E-state index contributed by atoms with van der Waals surface area (Å²) in [6.45, 7) is 3.49. The quantitative estimate of drug-likeness (QED) is 0.614. The van der Waals surface area contributed by atoms with Gasteiger partial charge in [-0.05, 0) is 44.4 Å². The number of aryl methyl sites for hydroxylation is 1. The molecule has 0 saturated carbocycles. The van der Waals surface area contributed by atoms with Crippen LogP contribution in [-0.2, 0) is 16.6 Å². The molecule has 0 bridgehead atoms. The van der Waals surface area contributed by atoms with E-state index in [9.17, 15) is 13.2 Å². The Balaban J connectivity index is 1.51. The molecule has 1 amide bonds. The fourth-order valence-electron chi connectivity index (χ4n) is 3.18. The Morgan fingerprint density at radius 3 is 2.83 bits per heavy atom. The van der Waals surface area contributed by atoms with Crippen molar-refractivity contribution >= 4 is 38.6 Å². The highest BCUT2D eigenvalue weighted by Crippen LogP contribution is 2.33. The fraction of sp³-hybridized carbons (Fsp3) is 0.368. The number of likely N-dealkylation sites (tertiary alicyclic amines) is 1. The minimum absolute atomic E-state index is 0.0224. The number of aromatic nitrogens is 1. The smallest absolute Gasteiger partial charge is 0.265 e. The average molecular weight is 452 g/mol. The fourth-order valence-corrected chi connectivity index (χ4v) is 6.48. The maximum absolute atomic E-state index is 12.8. The molecule has 1 saturated heterocycles. The van der Waals surface area contributed by atoms with E-state index in [-0.39, 0.29) is 16.7 Å². The molecule has 0 spiro atoms. The molecule has 1 fully saturated rings. The minimum atomic E-state index is -3.65. The first-order chi connectivity index (χ1) is 13.9. The van der Waals surface area contributed by atoms with E-state index in [1.807, 2.05) is 11.8 Å². The molecule has 4 rings (SSSR count). The predicted octanol–water partition coefficient (Wildman–Crippen LogP) is 3.88. The normalized spacial score (nSPS) is 15.0. The lowest BCUT2D eigenvalue weighted by Crippen LogP contribution is -2.35. The number of carbonyl (C=O) groups is 1. The van der Waals surface area contributed by atoms with Crippen LogP contribution in [0.2, 0.25) is 0 Å². The zero-order valence-electron chi connectivity index (χ0n) is 15.9. The van der Waals surface area contributed by atoms with Crippen LogP contribution in [0.4, 0.5) is 0 Å². The van der Waals surface area contributed by atoms with Gasteiger partial charge in [-0.2, -0.15) is 0 Å². The molecule has 0 atom stereocenters. The van der Waals surface area contributed by atoms with E-state index in [2.05, 4.69) is 9.71 Å². The van der Waals surface area contributed by atoms with Crippen molar-refractivity contribution in [3.8, 4) is 10.6 Å². The molecule has 7 nitrogen and oxygen atoms in total. The van der Waals surface area contributed by atoms with Crippen LogP contribution in [0.5, 0.6) is 0 Å². The van der Waals surface area contributed by atoms with Crippen LogP contribution in [0.25, 0.3) is 10.6 Å². The molecule has 10 heteroatoms. The Morgan fingerprint density at radius 2 is 2.10 bits per heavy atom. The Morgan fingerprint density at radius 1 is 1.31 bits per heavy atom. The zero-order chi connectivity index (χ0) is 20.4. The van der Waals surface area contributed by atoms with Crippen LogP contribution < -0.4 is 4.72 Å². The SMILES string of the molecule is Cc1nc(-c2csc(S(=O)(=O)NCc3ccco3)c2)sc1C(=O)N1CCCCC1. The molecule has 0 aromatic carbocycles. The third-order valence-corrected chi connectivity index (χ3v) is 8.77. The van der Waals surface area contributed by atoms with Gasteiger partial charge in [-0.15, -0.1) is 22.7 Å². The van der Waals surface area contributed by atoms with Crippen molar-refractivity contribution in [2.75, 3.05) is 13.1 Å². The summed E-state index contributed by atoms with van der Waals surface area (Å²) < 4.78 is 33.0. The van der Waals surface area contributed by atoms with Crippen molar-refractivity contribution < 1.29 is 17.6 Å². The number of hydrogen-bond donors (Lipinski definition) is 1. The van der Waals surface area contributed by atoms with Crippen LogP contribution in [0.3, 0.4) is 0 Å². The number of nitrogens with one attached hydrogen (secondary N) is 1. The number of sulfonamides is 1. The molecule has 1 aliphatic rings. The van der Waals surface area contributed by atoms with Gasteiger partial charge < -0.3 is 9.32 Å². The summed E-state index contributed by atoms with van der Waals surface area (Å²) >= 11 is 2.45. The minimum Gasteiger partial charge on any atom is -0.468 e. The van der Waals surface area contributed by atoms with Gasteiger partial charge in [0.25, 0.3) is 5.91 Å². The van der Waals surface area contributed by atoms with Crippen molar-refractivity contribution in [1.29, 1.82) is 0 Å². The molecule has 3 aromatic rings. The molecule has 4 heterocycles. The molecule has 154 valence electrons. The number of nitrogens with zero attached hydrogens (tertiary/aromatic N) is 2. The molecule has 1 aliphatic heterocycles. The second kappa shape index (κ2) is 8.39. The number of piperidine rings is 1. The van der Waals surface area contributed by atoms with Gasteiger partial charge in [0, 0.05) is 24.0 Å². The van der Waals surface area contributed by atoms with Gasteiger partial charge in [-0.3, -0.25) is 4.79 Å². The summed E-state index contributed by atoms with van der Waals surface area (Å²) in [6, 6.07) is 5.02. The van der Waals surface area contributed by atoms with E-state index in [1.54, 1.807) is 23.6 Å². The van der Waals surface area contributed by atoms with Crippen LogP contribution in [0.1, 0.15) is 40.4 Å². The first-order valence-corrected chi connectivity index (χ1v) is 12.5. The van der Waals surface area contributed by atoms with Crippen molar-refractivity contribution in [2.24, 2.45) is 0 Å². The van der Waals surface area contributed by atoms with Crippen molar-refractivity contribution in [3.05, 3.63) is 46.2 Å². The standard InChI is InChI=1S/C19H21N3O4S3/c1-13-17(19(23)22-7-3-2-4-8-22)28-18(21-13)14-10-16(27-12-14)29(24,25)20-11-15-6-5-9-26-15/h5-6,9-10,12,20H,2-4,7-8,11H2,1H3. The highest BCUT2D eigenvalue weighted by atomic mass is 32.2. The summed E-state index contributed by atoms with van der Waals surface area (Å²) in [5.41, 5.74) is 1.39. The lowest BCUT2D eigenvalue weighted by Gasteiger charge is -2.26. The summed E-state index contributed by atoms with van der Waals surface area (Å²) in [7, 11) is -3.65. The van der Waals surface area contributed by atoms with E-state index in [0.717, 1.165) is 43.7 Å². The second-order valence-corrected chi connectivity index (χ2v) is 10.7. The van der Waals surface area contributed by atoms with Gasteiger partial charge in [0.2, 0.25) is 10.0 Å². The molecule has 3 aromatic heterocycles. The number of thiophene rings is 1. The van der Waals surface area contributed by atoms with Crippen molar-refractivity contribution in [1.82, 2.24) is 14.6 Å². The van der Waals surface area contributed by atoms with Gasteiger partial charge >= 0.3 is 0 Å². The molecular formula is C19H21N3O4S3. The molecule has 0 radical (unpaired) electrons. The lowest BCUT2D eigenvalue weighted by atomic mass is 10.1. The Labute approximate surface area is 177 Å². The number of amides is 1. The van der Waals surface area contributed by atoms with Crippen molar-refractivity contribution in [3.63, 3.8) is 0 Å². The van der Waals surface area contributed by atoms with E-state index in [1.165, 1.54) is 17.6 Å². The highest BCUT2D eigenvalue weighted by Gasteiger charge is 2.24. The predicted molar refractivity (Wildman–Crippen MR) is 113 cm³/mol. The zero-order valence-corrected chi connectivity index (χ0v) is 18.3. The third kappa shape index (κ3) is 4.45. The second-order valence-electron chi connectivity index (χ2n) is 6.84. The average Bonchev–Trinajstić information content (AvgIpc) is 3.47. The first kappa shape index (κ1) is 20.3. The van der Waals surface area contributed by atoms with Crippen LogP contribution in [0, 0.1) is 6.92 Å². The van der Waals surface area contributed by atoms with E-state index >= 15 is 0 Å². The Kier molecular flexibility index (Phi) is 5.86. The van der Waals surface area contributed by atoms with Crippen molar-refractivity contribution in [2.45, 2.75) is 36.9 Å². The largest absolute Gasteiger partial charge is 0.468 e. The van der Waals surface area contributed by atoms with Crippen LogP contribution in [-0.4, -0.2) is 37.3 Å². The Bertz CT molecular complexity index is 1090. The van der Waals surface area contributed by atoms with Gasteiger partial charge in [0.05, 0.1) is 18.5 Å². The Hall–Kier alpha value is -2.01. The summed E-state index contributed by atoms with van der Waals surface area (Å²) in [5, 5.41) is 2.42. The third-order valence-electron chi connectivity index (χ3n) is 4.74. The van der Waals surface area contributed by atoms with Crippen LogP contribution >= 0.6 is 22.7 Å². The molecular weight excluding hydrogens is 430 g/mol. The summed E-state index contributed by atoms with van der Waals surface area (Å²) in [5.74, 6) is 0.566. The number of rotatable bonds is 6. The molecule has 1 N–H and O–H groups in total. The number of hydrogen-bond acceptors (Lipinski definition) is 7. The van der Waals surface area contributed by atoms with Gasteiger partial charge in [-0.25, -0.2) is 18.1 Å². The van der Waals surface area contributed by atoms with Gasteiger partial charge in [0.1, 0.15) is 19.9 Å². The summed E-state index contributed by atoms with van der Waals surface area (Å²) in [6.07, 6.45) is 4.73. The highest BCUT2D eigenvalue weighted by molar-refractivity contribution is 7.91. The van der Waals surface area contributed by atoms with Gasteiger partial charge in [-0.1, -0.05) is 0 Å². The number of carbonyl (C=O) groups excluding carboxylic acids is 1. The first-order valence-electron chi connectivity index (χ1n) is 9.32. The molecule has 29 heavy (non-hydrogen) atoms. The maximum Gasteiger partial charge on any atom is 0.265 e. The number of furan rings is 1. The van der Waals surface area contributed by atoms with Crippen LogP contribution in [0.15, 0.2) is 38.5 Å². The molecule has 0 unspecified atom stereocenters. The molecule has 0 aliphatic carbocycles. The lowest BCUT2D eigenvalue weighted by molar-refractivity contribution is 0.0728. The summed E-state index contributed by atoms with van der Waals surface area (Å²) in [4.78, 5) is 19.9. The monoisotopic (exact) mass is 451 g/mol. The van der Waals surface area contributed by atoms with E-state index in [0.29, 0.717) is 26.9 Å². The van der Waals surface area contributed by atoms with E-state index in [4.69, 9.17) is 4.42 Å². The topological polar surface area (TPSA) is 92.5 Å². The van der Waals surface area contributed by atoms with E-state index < -0.39 is 10.0 Å².